The second-order valence-corrected chi connectivity index (χ2v) is 7.86. The molecule has 2 fully saturated rings. The van der Waals surface area contributed by atoms with Crippen molar-refractivity contribution in [2.75, 3.05) is 44.7 Å². The molecule has 144 valence electrons. The predicted molar refractivity (Wildman–Crippen MR) is 101 cm³/mol. The maximum absolute atomic E-state index is 13.9. The van der Waals surface area contributed by atoms with Crippen molar-refractivity contribution in [3.8, 4) is 0 Å². The number of halogens is 1. The first-order valence-corrected chi connectivity index (χ1v) is 9.53. The fourth-order valence-electron chi connectivity index (χ4n) is 3.89. The molecule has 0 radical (unpaired) electrons. The molecule has 1 N–H and O–H groups in total. The fourth-order valence-corrected chi connectivity index (χ4v) is 3.89. The summed E-state index contributed by atoms with van der Waals surface area (Å²) < 4.78 is 19.6. The van der Waals surface area contributed by atoms with Gasteiger partial charge >= 0.3 is 0 Å². The van der Waals surface area contributed by atoms with Crippen molar-refractivity contribution in [3.63, 3.8) is 0 Å². The molecule has 2 unspecified atom stereocenters. The Kier molecular flexibility index (Phi) is 5.82. The van der Waals surface area contributed by atoms with E-state index >= 15 is 0 Å². The van der Waals surface area contributed by atoms with Crippen LogP contribution in [-0.2, 0) is 9.53 Å². The number of benzene rings is 1. The van der Waals surface area contributed by atoms with Gasteiger partial charge in [-0.3, -0.25) is 4.79 Å². The van der Waals surface area contributed by atoms with Crippen molar-refractivity contribution in [1.29, 1.82) is 0 Å². The summed E-state index contributed by atoms with van der Waals surface area (Å²) >= 11 is 0. The lowest BCUT2D eigenvalue weighted by Gasteiger charge is -2.36. The van der Waals surface area contributed by atoms with Gasteiger partial charge in [0, 0.05) is 44.0 Å². The van der Waals surface area contributed by atoms with Gasteiger partial charge in [-0.05, 0) is 51.9 Å². The average molecular weight is 363 g/mol. The van der Waals surface area contributed by atoms with Crippen LogP contribution >= 0.6 is 0 Å². The molecule has 0 saturated carbocycles. The van der Waals surface area contributed by atoms with Crippen molar-refractivity contribution >= 4 is 11.6 Å². The lowest BCUT2D eigenvalue weighted by atomic mass is 9.97. The lowest BCUT2D eigenvalue weighted by molar-refractivity contribution is -0.126. The maximum atomic E-state index is 13.9. The molecule has 1 amide bonds. The SMILES string of the molecule is CC(NC(=O)CC1(C)CCCO1)c1cc(F)ccc1N1CCN(C)CC1. The molecule has 26 heavy (non-hydrogen) atoms. The number of hydrogen-bond donors (Lipinski definition) is 1. The van der Waals surface area contributed by atoms with E-state index in [0.29, 0.717) is 6.42 Å². The molecule has 5 nitrogen and oxygen atoms in total. The maximum Gasteiger partial charge on any atom is 0.223 e. The first-order valence-electron chi connectivity index (χ1n) is 9.53. The second kappa shape index (κ2) is 7.92. The minimum absolute atomic E-state index is 0.0458. The van der Waals surface area contributed by atoms with Gasteiger partial charge in [-0.15, -0.1) is 0 Å². The Labute approximate surface area is 155 Å². The number of piperazine rings is 1. The summed E-state index contributed by atoms with van der Waals surface area (Å²) in [6, 6.07) is 4.63. The van der Waals surface area contributed by atoms with Gasteiger partial charge in [-0.2, -0.15) is 0 Å². The molecule has 0 bridgehead atoms. The van der Waals surface area contributed by atoms with Crippen LogP contribution in [0.4, 0.5) is 10.1 Å². The summed E-state index contributed by atoms with van der Waals surface area (Å²) in [5.74, 6) is -0.319. The largest absolute Gasteiger partial charge is 0.375 e. The van der Waals surface area contributed by atoms with E-state index in [1.165, 1.54) is 6.07 Å². The highest BCUT2D eigenvalue weighted by atomic mass is 19.1. The van der Waals surface area contributed by atoms with Crippen LogP contribution in [0.5, 0.6) is 0 Å². The topological polar surface area (TPSA) is 44.8 Å². The molecule has 2 aliphatic rings. The normalized spacial score (nSPS) is 25.3. The Morgan fingerprint density at radius 3 is 2.73 bits per heavy atom. The molecule has 6 heteroatoms. The van der Waals surface area contributed by atoms with E-state index in [-0.39, 0.29) is 23.4 Å². The van der Waals surface area contributed by atoms with Gasteiger partial charge in [0.05, 0.1) is 18.1 Å². The minimum Gasteiger partial charge on any atom is -0.375 e. The number of hydrogen-bond acceptors (Lipinski definition) is 4. The zero-order valence-corrected chi connectivity index (χ0v) is 16.1. The number of nitrogens with zero attached hydrogens (tertiary/aromatic N) is 2. The minimum atomic E-state index is -0.369. The van der Waals surface area contributed by atoms with Crippen LogP contribution in [0.25, 0.3) is 0 Å². The molecule has 2 aliphatic heterocycles. The van der Waals surface area contributed by atoms with Crippen LogP contribution in [0.15, 0.2) is 18.2 Å². The van der Waals surface area contributed by atoms with Crippen molar-refractivity contribution in [3.05, 3.63) is 29.6 Å². The van der Waals surface area contributed by atoms with Gasteiger partial charge in [0.1, 0.15) is 5.82 Å². The second-order valence-electron chi connectivity index (χ2n) is 7.86. The van der Waals surface area contributed by atoms with Gasteiger partial charge in [0.15, 0.2) is 0 Å². The van der Waals surface area contributed by atoms with Crippen LogP contribution < -0.4 is 10.2 Å². The van der Waals surface area contributed by atoms with Crippen LogP contribution in [0.2, 0.25) is 0 Å². The highest BCUT2D eigenvalue weighted by Gasteiger charge is 2.33. The van der Waals surface area contributed by atoms with Crippen LogP contribution in [0.1, 0.15) is 44.7 Å². The first-order chi connectivity index (χ1) is 12.4. The van der Waals surface area contributed by atoms with E-state index in [2.05, 4.69) is 22.2 Å². The van der Waals surface area contributed by atoms with Crippen LogP contribution in [0.3, 0.4) is 0 Å². The lowest BCUT2D eigenvalue weighted by Crippen LogP contribution is -2.45. The van der Waals surface area contributed by atoms with Crippen molar-refractivity contribution in [2.24, 2.45) is 0 Å². The van der Waals surface area contributed by atoms with Crippen molar-refractivity contribution < 1.29 is 13.9 Å². The van der Waals surface area contributed by atoms with Crippen LogP contribution in [-0.4, -0.2) is 56.2 Å². The van der Waals surface area contributed by atoms with E-state index in [4.69, 9.17) is 4.74 Å². The molecule has 2 heterocycles. The first kappa shape index (κ1) is 19.1. The predicted octanol–water partition coefficient (Wildman–Crippen LogP) is 2.71. The third kappa shape index (κ3) is 4.54. The smallest absolute Gasteiger partial charge is 0.223 e. The number of nitrogens with one attached hydrogen (secondary N) is 1. The third-order valence-corrected chi connectivity index (χ3v) is 5.51. The van der Waals surface area contributed by atoms with E-state index in [0.717, 1.165) is 56.9 Å². The summed E-state index contributed by atoms with van der Waals surface area (Å²) in [5, 5.41) is 3.04. The van der Waals surface area contributed by atoms with Gasteiger partial charge < -0.3 is 19.9 Å². The standard InChI is InChI=1S/C20H30FN3O2/c1-15(22-19(25)14-20(2)7-4-12-26-20)17-13-16(21)5-6-18(17)24-10-8-23(3)9-11-24/h5-6,13,15H,4,7-12,14H2,1-3H3,(H,22,25). The molecule has 2 atom stereocenters. The number of rotatable bonds is 5. The third-order valence-electron chi connectivity index (χ3n) is 5.51. The molecule has 1 aromatic carbocycles. The van der Waals surface area contributed by atoms with Gasteiger partial charge in [-0.1, -0.05) is 0 Å². The zero-order chi connectivity index (χ0) is 18.7. The van der Waals surface area contributed by atoms with Crippen molar-refractivity contribution in [1.82, 2.24) is 10.2 Å². The summed E-state index contributed by atoms with van der Waals surface area (Å²) in [6.07, 6.45) is 2.24. The molecule has 3 rings (SSSR count). The summed E-state index contributed by atoms with van der Waals surface area (Å²) in [5.41, 5.74) is 1.47. The summed E-state index contributed by atoms with van der Waals surface area (Å²) in [6.45, 7) is 8.40. The Balaban J connectivity index is 1.70. The number of anilines is 1. The van der Waals surface area contributed by atoms with E-state index in [1.807, 2.05) is 19.9 Å². The number of carbonyl (C=O) groups is 1. The molecule has 0 spiro atoms. The summed E-state index contributed by atoms with van der Waals surface area (Å²) in [7, 11) is 2.11. The van der Waals surface area contributed by atoms with Gasteiger partial charge in [-0.25, -0.2) is 4.39 Å². The molecular weight excluding hydrogens is 333 g/mol. The highest BCUT2D eigenvalue weighted by Crippen LogP contribution is 2.31. The van der Waals surface area contributed by atoms with Crippen LogP contribution in [0, 0.1) is 5.82 Å². The van der Waals surface area contributed by atoms with Gasteiger partial charge in [0.25, 0.3) is 0 Å². The van der Waals surface area contributed by atoms with Gasteiger partial charge in [0.2, 0.25) is 5.91 Å². The number of carbonyl (C=O) groups excluding carboxylic acids is 1. The van der Waals surface area contributed by atoms with E-state index < -0.39 is 0 Å². The van der Waals surface area contributed by atoms with E-state index in [9.17, 15) is 9.18 Å². The monoisotopic (exact) mass is 363 g/mol. The molecule has 1 aromatic rings. The Morgan fingerprint density at radius 1 is 1.35 bits per heavy atom. The highest BCUT2D eigenvalue weighted by molar-refractivity contribution is 5.78. The molecule has 2 saturated heterocycles. The fraction of sp³-hybridized carbons (Fsp3) is 0.650. The zero-order valence-electron chi connectivity index (χ0n) is 16.1. The molecular formula is C20H30FN3O2. The quantitative estimate of drug-likeness (QED) is 0.874. The molecule has 0 aliphatic carbocycles. The van der Waals surface area contributed by atoms with E-state index in [1.54, 1.807) is 6.07 Å². The Bertz CT molecular complexity index is 638. The average Bonchev–Trinajstić information content (AvgIpc) is 3.01. The summed E-state index contributed by atoms with van der Waals surface area (Å²) in [4.78, 5) is 17.1. The Hall–Kier alpha value is -1.66. The van der Waals surface area contributed by atoms with Crippen molar-refractivity contribution in [2.45, 2.75) is 44.8 Å². The number of ether oxygens (including phenoxy) is 1. The number of amides is 1. The Morgan fingerprint density at radius 2 is 2.08 bits per heavy atom. The molecule has 0 aromatic heterocycles. The number of likely N-dealkylation sites (N-methyl/N-ethyl adjacent to an activating group) is 1.